The number of primary amides is 1. The molecule has 4 rings (SSSR count). The van der Waals surface area contributed by atoms with Crippen LogP contribution in [0.4, 0.5) is 23.9 Å². The summed E-state index contributed by atoms with van der Waals surface area (Å²) < 4.78 is 42.0. The van der Waals surface area contributed by atoms with Crippen LogP contribution in [0.1, 0.15) is 30.6 Å². The van der Waals surface area contributed by atoms with Gasteiger partial charge in [-0.3, -0.25) is 9.69 Å². The Labute approximate surface area is 216 Å². The van der Waals surface area contributed by atoms with Crippen LogP contribution in [0, 0.1) is 17.5 Å². The van der Waals surface area contributed by atoms with Gasteiger partial charge in [-0.05, 0) is 24.6 Å². The van der Waals surface area contributed by atoms with Gasteiger partial charge in [0.2, 0.25) is 11.6 Å². The molecule has 0 saturated carbocycles. The maximum atomic E-state index is 14.5. The lowest BCUT2D eigenvalue weighted by Crippen LogP contribution is -2.53. The number of aromatic nitrogens is 2. The maximum absolute atomic E-state index is 14.5. The van der Waals surface area contributed by atoms with Gasteiger partial charge in [-0.1, -0.05) is 4.98 Å². The number of hydrogen-bond acceptors (Lipinski definition) is 8. The Morgan fingerprint density at radius 1 is 1.11 bits per heavy atom. The number of piperazine rings is 1. The summed E-state index contributed by atoms with van der Waals surface area (Å²) >= 11 is 0. The summed E-state index contributed by atoms with van der Waals surface area (Å²) in [6.07, 6.45) is 2.97. The van der Waals surface area contributed by atoms with Crippen molar-refractivity contribution in [2.45, 2.75) is 19.4 Å². The van der Waals surface area contributed by atoms with E-state index >= 15 is 0 Å². The van der Waals surface area contributed by atoms with Crippen molar-refractivity contribution in [1.82, 2.24) is 19.9 Å². The van der Waals surface area contributed by atoms with Crippen molar-refractivity contribution in [3.8, 4) is 0 Å². The molecule has 3 amide bonds. The summed E-state index contributed by atoms with van der Waals surface area (Å²) in [5, 5.41) is 6.36. The van der Waals surface area contributed by atoms with E-state index in [0.717, 1.165) is 17.3 Å². The fourth-order valence-electron chi connectivity index (χ4n) is 4.25. The Morgan fingerprint density at radius 3 is 2.39 bits per heavy atom. The number of hydrazine groups is 1. The number of hydrazone groups is 1. The molecule has 1 atom stereocenters. The molecule has 7 N–H and O–H groups in total. The summed E-state index contributed by atoms with van der Waals surface area (Å²) in [6.45, 7) is 2.47. The molecular weight excluding hydrogens is 505 g/mol. The number of amides is 3. The monoisotopic (exact) mass is 533 g/mol. The average molecular weight is 534 g/mol. The van der Waals surface area contributed by atoms with Gasteiger partial charge < -0.3 is 21.4 Å². The van der Waals surface area contributed by atoms with Crippen molar-refractivity contribution >= 4 is 29.8 Å². The number of aromatic amines is 1. The van der Waals surface area contributed by atoms with Gasteiger partial charge >= 0.3 is 12.0 Å². The molecular formula is C23H28F3N10O2+. The van der Waals surface area contributed by atoms with Crippen LogP contribution in [0.5, 0.6) is 0 Å². The Kier molecular flexibility index (Phi) is 7.66. The number of benzene rings is 1. The van der Waals surface area contributed by atoms with Gasteiger partial charge in [0.05, 0.1) is 43.6 Å². The number of nitrogens with one attached hydrogen (secondary N) is 1. The van der Waals surface area contributed by atoms with Gasteiger partial charge in [0.25, 0.3) is 0 Å². The van der Waals surface area contributed by atoms with Crippen molar-refractivity contribution in [2.75, 3.05) is 37.6 Å². The van der Waals surface area contributed by atoms with Gasteiger partial charge in [0, 0.05) is 18.7 Å². The predicted molar refractivity (Wildman–Crippen MR) is 131 cm³/mol. The lowest BCUT2D eigenvalue weighted by molar-refractivity contribution is -0.371. The van der Waals surface area contributed by atoms with Crippen molar-refractivity contribution in [3.05, 3.63) is 58.8 Å². The number of H-pyrrole nitrogens is 1. The molecule has 15 heteroatoms. The molecule has 0 spiro atoms. The predicted octanol–water partition coefficient (Wildman–Crippen LogP) is 0.296. The largest absolute Gasteiger partial charge is 0.394 e. The van der Waals surface area contributed by atoms with Crippen LogP contribution in [0.3, 0.4) is 0 Å². The van der Waals surface area contributed by atoms with E-state index < -0.39 is 35.4 Å². The highest BCUT2D eigenvalue weighted by atomic mass is 19.1. The summed E-state index contributed by atoms with van der Waals surface area (Å²) in [7, 11) is 0. The fraction of sp³-hybridized carbons (Fsp3) is 0.348. The molecule has 1 unspecified atom stereocenters. The van der Waals surface area contributed by atoms with E-state index in [1.807, 2.05) is 4.90 Å². The molecule has 2 aromatic rings. The number of hydrogen-bond donors (Lipinski definition) is 3. The first kappa shape index (κ1) is 26.7. The Hall–Kier alpha value is -4.40. The molecule has 1 aromatic carbocycles. The Balaban J connectivity index is 1.45. The van der Waals surface area contributed by atoms with Crippen LogP contribution in [0.2, 0.25) is 0 Å². The maximum Gasteiger partial charge on any atom is 0.392 e. The van der Waals surface area contributed by atoms with Crippen molar-refractivity contribution in [2.24, 2.45) is 22.4 Å². The van der Waals surface area contributed by atoms with Crippen molar-refractivity contribution in [3.63, 3.8) is 0 Å². The zero-order chi connectivity index (χ0) is 27.6. The summed E-state index contributed by atoms with van der Waals surface area (Å²) in [4.78, 5) is 34.8. The van der Waals surface area contributed by atoms with Crippen LogP contribution in [-0.4, -0.2) is 70.8 Å². The molecule has 1 fully saturated rings. The third-order valence-corrected chi connectivity index (χ3v) is 6.32. The first-order valence-corrected chi connectivity index (χ1v) is 11.7. The second-order valence-corrected chi connectivity index (χ2v) is 8.87. The zero-order valence-electron chi connectivity index (χ0n) is 20.6. The number of anilines is 1. The second kappa shape index (κ2) is 10.9. The van der Waals surface area contributed by atoms with Gasteiger partial charge in [-0.2, -0.15) is 9.49 Å². The number of allylic oxidation sites excluding steroid dienone is 1. The molecule has 0 radical (unpaired) electrons. The number of carbonyl (C=O) groups is 2. The lowest BCUT2D eigenvalue weighted by atomic mass is 10.0. The first-order valence-electron chi connectivity index (χ1n) is 11.7. The van der Waals surface area contributed by atoms with Gasteiger partial charge in [-0.15, -0.1) is 0 Å². The molecule has 12 nitrogen and oxygen atoms in total. The molecule has 3 heterocycles. The minimum absolute atomic E-state index is 0.0676. The van der Waals surface area contributed by atoms with Crippen LogP contribution >= 0.6 is 0 Å². The van der Waals surface area contributed by atoms with E-state index in [1.165, 1.54) is 30.3 Å². The SMILES string of the molecule is CC(=C(N)c1nc(N2CCN(C(=O)N3N=CCC3c3cc(F)cc(F)c3)CC2)[nH+]cc1F)N(N)CC(N)=O. The summed E-state index contributed by atoms with van der Waals surface area (Å²) in [5.74, 6) is 3.23. The average Bonchev–Trinajstić information content (AvgIpc) is 3.37. The number of urea groups is 1. The molecule has 2 aliphatic rings. The normalized spacial score (nSPS) is 18.0. The highest BCUT2D eigenvalue weighted by Crippen LogP contribution is 2.30. The summed E-state index contributed by atoms with van der Waals surface area (Å²) in [5.41, 5.74) is 11.5. The number of rotatable bonds is 6. The molecule has 0 bridgehead atoms. The number of carbonyl (C=O) groups excluding carboxylic acids is 2. The molecule has 1 saturated heterocycles. The van der Waals surface area contributed by atoms with E-state index in [2.05, 4.69) is 15.1 Å². The minimum Gasteiger partial charge on any atom is -0.394 e. The molecule has 0 aliphatic carbocycles. The van der Waals surface area contributed by atoms with Crippen LogP contribution in [0.15, 0.2) is 35.2 Å². The lowest BCUT2D eigenvalue weighted by Gasteiger charge is -2.34. The molecule has 202 valence electrons. The third-order valence-electron chi connectivity index (χ3n) is 6.32. The molecule has 2 aliphatic heterocycles. The van der Waals surface area contributed by atoms with E-state index in [0.29, 0.717) is 31.0 Å². The standard InChI is InChI=1S/C23H27F3N10O2/c1-13(35(29)12-19(27)37)20(28)21-17(26)11-30-22(32-21)33-4-6-34(7-5-33)23(38)36-18(2-3-31-36)14-8-15(24)10-16(25)9-14/h3,8-11,18H,2,4-7,12,28-29H2,1H3,(H2,27,37)/p+1. The van der Waals surface area contributed by atoms with E-state index in [4.69, 9.17) is 17.3 Å². The van der Waals surface area contributed by atoms with Crippen LogP contribution < -0.4 is 27.2 Å². The highest BCUT2D eigenvalue weighted by molar-refractivity contribution is 5.79. The van der Waals surface area contributed by atoms with Crippen LogP contribution in [0.25, 0.3) is 5.70 Å². The molecule has 38 heavy (non-hydrogen) atoms. The number of nitrogens with zero attached hydrogens (tertiary/aromatic N) is 6. The van der Waals surface area contributed by atoms with Crippen molar-refractivity contribution in [1.29, 1.82) is 0 Å². The van der Waals surface area contributed by atoms with Gasteiger partial charge in [0.1, 0.15) is 24.4 Å². The highest BCUT2D eigenvalue weighted by Gasteiger charge is 2.35. The van der Waals surface area contributed by atoms with Crippen molar-refractivity contribution < 1.29 is 27.7 Å². The second-order valence-electron chi connectivity index (χ2n) is 8.87. The number of halogens is 3. The Morgan fingerprint density at radius 2 is 1.76 bits per heavy atom. The molecule has 1 aromatic heterocycles. The fourth-order valence-corrected chi connectivity index (χ4v) is 4.25. The van der Waals surface area contributed by atoms with E-state index in [1.54, 1.807) is 4.90 Å². The van der Waals surface area contributed by atoms with E-state index in [9.17, 15) is 22.8 Å². The third kappa shape index (κ3) is 5.61. The Bertz CT molecular complexity index is 1280. The quantitative estimate of drug-likeness (QED) is 0.355. The summed E-state index contributed by atoms with van der Waals surface area (Å²) in [6, 6.07) is 2.14. The van der Waals surface area contributed by atoms with Gasteiger partial charge in [-0.25, -0.2) is 29.4 Å². The number of nitrogens with two attached hydrogens (primary N) is 3. The smallest absolute Gasteiger partial charge is 0.392 e. The van der Waals surface area contributed by atoms with Gasteiger partial charge in [0.15, 0.2) is 5.82 Å². The van der Waals surface area contributed by atoms with E-state index in [-0.39, 0.29) is 36.7 Å². The zero-order valence-corrected chi connectivity index (χ0v) is 20.6. The minimum atomic E-state index is -0.729. The first-order chi connectivity index (χ1) is 18.0. The van der Waals surface area contributed by atoms with Crippen LogP contribution in [-0.2, 0) is 4.79 Å². The topological polar surface area (TPSA) is 165 Å².